The first-order valence-corrected chi connectivity index (χ1v) is 5.35. The lowest BCUT2D eigenvalue weighted by Crippen LogP contribution is -2.53. The highest BCUT2D eigenvalue weighted by Crippen LogP contribution is 2.08. The maximum Gasteiger partial charge on any atom is 0.0195 e. The van der Waals surface area contributed by atoms with Gasteiger partial charge >= 0.3 is 0 Å². The minimum atomic E-state index is 0.306. The van der Waals surface area contributed by atoms with E-state index in [4.69, 9.17) is 5.73 Å². The molecule has 1 rings (SSSR count). The number of piperazine rings is 1. The second-order valence-electron chi connectivity index (χ2n) is 4.21. The van der Waals surface area contributed by atoms with E-state index >= 15 is 0 Å². The summed E-state index contributed by atoms with van der Waals surface area (Å²) in [5.41, 5.74) is 5.78. The first-order chi connectivity index (χ1) is 6.13. The van der Waals surface area contributed by atoms with Gasteiger partial charge in [0.2, 0.25) is 0 Å². The van der Waals surface area contributed by atoms with Crippen LogP contribution in [0.3, 0.4) is 0 Å². The molecule has 1 aliphatic rings. The molecule has 2 N–H and O–H groups in total. The maximum absolute atomic E-state index is 5.78. The summed E-state index contributed by atoms with van der Waals surface area (Å²) in [5, 5.41) is 0. The van der Waals surface area contributed by atoms with Gasteiger partial charge in [-0.3, -0.25) is 9.80 Å². The molecule has 13 heavy (non-hydrogen) atoms. The Bertz CT molecular complexity index is 147. The van der Waals surface area contributed by atoms with Crippen molar-refractivity contribution < 1.29 is 0 Å². The largest absolute Gasteiger partial charge is 0.327 e. The number of hydrogen-bond donors (Lipinski definition) is 1. The van der Waals surface area contributed by atoms with E-state index in [-0.39, 0.29) is 0 Å². The van der Waals surface area contributed by atoms with Crippen LogP contribution >= 0.6 is 0 Å². The Morgan fingerprint density at radius 2 is 2.15 bits per heavy atom. The molecule has 3 heteroatoms. The minimum absolute atomic E-state index is 0.306. The standard InChI is InChI=1S/C10H23N3/c1-4-13-6-5-12(7-9(2)11)8-10(13)3/h9-10H,4-8,11H2,1-3H3/t9-,10?/m0/s1. The van der Waals surface area contributed by atoms with Gasteiger partial charge in [-0.2, -0.15) is 0 Å². The summed E-state index contributed by atoms with van der Waals surface area (Å²) in [4.78, 5) is 5.00. The van der Waals surface area contributed by atoms with Crippen molar-refractivity contribution in [2.45, 2.75) is 32.9 Å². The Labute approximate surface area is 81.9 Å². The van der Waals surface area contributed by atoms with Gasteiger partial charge in [-0.1, -0.05) is 6.92 Å². The average molecular weight is 185 g/mol. The molecule has 1 heterocycles. The van der Waals surface area contributed by atoms with Gasteiger partial charge in [0.25, 0.3) is 0 Å². The zero-order valence-electron chi connectivity index (χ0n) is 9.16. The topological polar surface area (TPSA) is 32.5 Å². The van der Waals surface area contributed by atoms with Crippen molar-refractivity contribution in [1.82, 2.24) is 9.80 Å². The van der Waals surface area contributed by atoms with Gasteiger partial charge in [0.1, 0.15) is 0 Å². The van der Waals surface area contributed by atoms with Crippen LogP contribution in [-0.2, 0) is 0 Å². The molecule has 78 valence electrons. The minimum Gasteiger partial charge on any atom is -0.327 e. The third-order valence-electron chi connectivity index (χ3n) is 2.80. The molecule has 0 amide bonds. The van der Waals surface area contributed by atoms with Crippen LogP contribution in [0.4, 0.5) is 0 Å². The van der Waals surface area contributed by atoms with E-state index in [0.29, 0.717) is 12.1 Å². The molecule has 1 unspecified atom stereocenters. The summed E-state index contributed by atoms with van der Waals surface area (Å²) >= 11 is 0. The predicted molar refractivity (Wildman–Crippen MR) is 56.8 cm³/mol. The molecular formula is C10H23N3. The third kappa shape index (κ3) is 3.25. The molecule has 0 spiro atoms. The van der Waals surface area contributed by atoms with Gasteiger partial charge in [-0.15, -0.1) is 0 Å². The number of nitrogens with two attached hydrogens (primary N) is 1. The normalized spacial score (nSPS) is 29.1. The molecule has 2 atom stereocenters. The van der Waals surface area contributed by atoms with E-state index in [1.807, 2.05) is 0 Å². The number of rotatable bonds is 3. The van der Waals surface area contributed by atoms with Gasteiger partial charge in [-0.05, 0) is 20.4 Å². The fraction of sp³-hybridized carbons (Fsp3) is 1.00. The van der Waals surface area contributed by atoms with Crippen molar-refractivity contribution in [2.75, 3.05) is 32.7 Å². The average Bonchev–Trinajstić information content (AvgIpc) is 2.03. The summed E-state index contributed by atoms with van der Waals surface area (Å²) in [5.74, 6) is 0. The molecule has 0 aromatic carbocycles. The molecule has 3 nitrogen and oxygen atoms in total. The third-order valence-corrected chi connectivity index (χ3v) is 2.80. The molecule has 0 radical (unpaired) electrons. The van der Waals surface area contributed by atoms with Crippen LogP contribution in [0.1, 0.15) is 20.8 Å². The lowest BCUT2D eigenvalue weighted by Gasteiger charge is -2.39. The fourth-order valence-electron chi connectivity index (χ4n) is 2.11. The van der Waals surface area contributed by atoms with E-state index < -0.39 is 0 Å². The zero-order valence-corrected chi connectivity index (χ0v) is 9.16. The lowest BCUT2D eigenvalue weighted by molar-refractivity contribution is 0.0853. The van der Waals surface area contributed by atoms with Crippen molar-refractivity contribution in [2.24, 2.45) is 5.73 Å². The first-order valence-electron chi connectivity index (χ1n) is 5.35. The highest BCUT2D eigenvalue weighted by molar-refractivity contribution is 4.79. The zero-order chi connectivity index (χ0) is 9.84. The Morgan fingerprint density at radius 3 is 2.62 bits per heavy atom. The van der Waals surface area contributed by atoms with Gasteiger partial charge in [0.05, 0.1) is 0 Å². The van der Waals surface area contributed by atoms with Crippen LogP contribution in [-0.4, -0.2) is 54.6 Å². The van der Waals surface area contributed by atoms with E-state index in [0.717, 1.165) is 6.54 Å². The lowest BCUT2D eigenvalue weighted by atomic mass is 10.2. The van der Waals surface area contributed by atoms with Crippen LogP contribution in [0.5, 0.6) is 0 Å². The molecule has 1 fully saturated rings. The molecule has 0 saturated carbocycles. The van der Waals surface area contributed by atoms with Crippen LogP contribution in [0, 0.1) is 0 Å². The maximum atomic E-state index is 5.78. The summed E-state index contributed by atoms with van der Waals surface area (Å²) < 4.78 is 0. The summed E-state index contributed by atoms with van der Waals surface area (Å²) in [6, 6.07) is 0.998. The van der Waals surface area contributed by atoms with Crippen molar-refractivity contribution in [3.63, 3.8) is 0 Å². The van der Waals surface area contributed by atoms with Gasteiger partial charge < -0.3 is 5.73 Å². The number of likely N-dealkylation sites (N-methyl/N-ethyl adjacent to an activating group) is 1. The molecule has 1 saturated heterocycles. The summed E-state index contributed by atoms with van der Waals surface area (Å²) in [7, 11) is 0. The Kier molecular flexibility index (Phi) is 4.16. The fourth-order valence-corrected chi connectivity index (χ4v) is 2.11. The number of nitrogens with zero attached hydrogens (tertiary/aromatic N) is 2. The van der Waals surface area contributed by atoms with Gasteiger partial charge in [-0.25, -0.2) is 0 Å². The van der Waals surface area contributed by atoms with E-state index in [2.05, 4.69) is 30.6 Å². The molecule has 0 aliphatic carbocycles. The molecular weight excluding hydrogens is 162 g/mol. The SMILES string of the molecule is CCN1CCN(C[C@H](C)N)CC1C. The van der Waals surface area contributed by atoms with Crippen LogP contribution in [0.2, 0.25) is 0 Å². The highest BCUT2D eigenvalue weighted by Gasteiger charge is 2.22. The van der Waals surface area contributed by atoms with Crippen LogP contribution in [0.25, 0.3) is 0 Å². The Balaban J connectivity index is 2.32. The van der Waals surface area contributed by atoms with E-state index in [9.17, 15) is 0 Å². The molecule has 0 bridgehead atoms. The highest BCUT2D eigenvalue weighted by atomic mass is 15.3. The van der Waals surface area contributed by atoms with Gasteiger partial charge in [0.15, 0.2) is 0 Å². The van der Waals surface area contributed by atoms with Crippen LogP contribution < -0.4 is 5.73 Å². The summed E-state index contributed by atoms with van der Waals surface area (Å²) in [6.45, 7) is 12.4. The van der Waals surface area contributed by atoms with Crippen LogP contribution in [0.15, 0.2) is 0 Å². The van der Waals surface area contributed by atoms with E-state index in [1.54, 1.807) is 0 Å². The molecule has 1 aliphatic heterocycles. The smallest absolute Gasteiger partial charge is 0.0195 e. The second-order valence-corrected chi connectivity index (χ2v) is 4.21. The Hall–Kier alpha value is -0.120. The summed E-state index contributed by atoms with van der Waals surface area (Å²) in [6.07, 6.45) is 0. The number of hydrogen-bond acceptors (Lipinski definition) is 3. The predicted octanol–water partition coefficient (Wildman–Crippen LogP) is 0.360. The van der Waals surface area contributed by atoms with Crippen molar-refractivity contribution in [3.05, 3.63) is 0 Å². The second kappa shape index (κ2) is 4.94. The quantitative estimate of drug-likeness (QED) is 0.689. The van der Waals surface area contributed by atoms with Crippen molar-refractivity contribution in [1.29, 1.82) is 0 Å². The first kappa shape index (κ1) is 11.0. The Morgan fingerprint density at radius 1 is 1.46 bits per heavy atom. The molecule has 0 aromatic heterocycles. The van der Waals surface area contributed by atoms with Gasteiger partial charge in [0, 0.05) is 38.3 Å². The van der Waals surface area contributed by atoms with E-state index in [1.165, 1.54) is 26.2 Å². The molecule has 0 aromatic rings. The van der Waals surface area contributed by atoms with Crippen molar-refractivity contribution in [3.8, 4) is 0 Å². The van der Waals surface area contributed by atoms with Crippen molar-refractivity contribution >= 4 is 0 Å². The monoisotopic (exact) mass is 185 g/mol.